The molecule has 22 heavy (non-hydrogen) atoms. The molecule has 1 radical (unpaired) electrons. The van der Waals surface area contributed by atoms with Gasteiger partial charge in [0.25, 0.3) is 0 Å². The van der Waals surface area contributed by atoms with Gasteiger partial charge in [-0.15, -0.1) is 0 Å². The predicted octanol–water partition coefficient (Wildman–Crippen LogP) is 4.29. The maximum atomic E-state index is 2.33. The van der Waals surface area contributed by atoms with Gasteiger partial charge in [-0.1, -0.05) is 53.4 Å². The third kappa shape index (κ3) is 18.5. The van der Waals surface area contributed by atoms with Crippen LogP contribution in [-0.4, -0.2) is 52.6 Å². The van der Waals surface area contributed by atoms with E-state index >= 15 is 0 Å². The Morgan fingerprint density at radius 1 is 0.455 bits per heavy atom. The predicted molar refractivity (Wildman–Crippen MR) is 87.1 cm³/mol. The first-order valence-corrected chi connectivity index (χ1v) is 8.09. The molecule has 0 spiro atoms. The zero-order valence-corrected chi connectivity index (χ0v) is 17.8. The molecule has 5 nitrogen and oxygen atoms in total. The Morgan fingerprint density at radius 3 is 0.773 bits per heavy atom. The van der Waals surface area contributed by atoms with Crippen LogP contribution in [0.2, 0.25) is 0 Å². The van der Waals surface area contributed by atoms with Gasteiger partial charge < -0.3 is 26.4 Å². The second kappa shape index (κ2) is 26.4. The molecule has 0 unspecified atom stereocenters. The van der Waals surface area contributed by atoms with Crippen molar-refractivity contribution in [2.24, 2.45) is 0 Å². The fourth-order valence-electron chi connectivity index (χ4n) is 2.64. The van der Waals surface area contributed by atoms with Gasteiger partial charge in [0.1, 0.15) is 0 Å². The molecular weight excluding hydrogens is 456 g/mol. The fourth-order valence-corrected chi connectivity index (χ4v) is 2.64. The van der Waals surface area contributed by atoms with Crippen LogP contribution in [0.5, 0.6) is 0 Å². The van der Waals surface area contributed by atoms with E-state index in [4.69, 9.17) is 0 Å². The average molecular weight is 497 g/mol. The van der Waals surface area contributed by atoms with Crippen molar-refractivity contribution in [1.29, 1.82) is 0 Å². The zero-order valence-electron chi connectivity index (χ0n) is 15.1. The second-order valence-electron chi connectivity index (χ2n) is 5.65. The number of quaternary nitrogens is 1. The van der Waals surface area contributed by atoms with Gasteiger partial charge in [0.15, 0.2) is 0 Å². The summed E-state index contributed by atoms with van der Waals surface area (Å²) in [5, 5.41) is 0. The minimum absolute atomic E-state index is 0. The van der Waals surface area contributed by atoms with E-state index in [1.165, 1.54) is 82.0 Å². The Hall–Kier alpha value is 0.462. The summed E-state index contributed by atoms with van der Waals surface area (Å²) in [5.41, 5.74) is 0. The number of nitrogens with zero attached hydrogens (tertiary/aromatic N) is 1. The molecule has 0 saturated heterocycles. The minimum atomic E-state index is 0. The molecular formula is C16H40NO4Re-3. The Morgan fingerprint density at radius 2 is 0.636 bits per heavy atom. The van der Waals surface area contributed by atoms with E-state index in [2.05, 4.69) is 27.7 Å². The van der Waals surface area contributed by atoms with Crippen molar-refractivity contribution in [2.45, 2.75) is 79.1 Å². The normalized spacial score (nSPS) is 9.27. The Labute approximate surface area is 152 Å². The Balaban J connectivity index is -0.000000128. The number of unbranched alkanes of at least 4 members (excludes halogenated alkanes) is 4. The van der Waals surface area contributed by atoms with Crippen molar-refractivity contribution in [3.8, 4) is 0 Å². The summed E-state index contributed by atoms with van der Waals surface area (Å²) in [6.45, 7) is 15.0. The third-order valence-corrected chi connectivity index (χ3v) is 3.94. The van der Waals surface area contributed by atoms with Crippen LogP contribution in [0.3, 0.4) is 0 Å². The summed E-state index contributed by atoms with van der Waals surface area (Å²) in [5.74, 6) is 0. The van der Waals surface area contributed by atoms with Gasteiger partial charge in [-0.2, -0.15) is 0 Å². The van der Waals surface area contributed by atoms with Crippen molar-refractivity contribution in [1.82, 2.24) is 0 Å². The van der Waals surface area contributed by atoms with E-state index in [9.17, 15) is 0 Å². The van der Waals surface area contributed by atoms with Crippen LogP contribution >= 0.6 is 0 Å². The Bertz CT molecular complexity index is 137. The quantitative estimate of drug-likeness (QED) is 0.374. The molecule has 0 bridgehead atoms. The molecule has 0 fully saturated rings. The largest absolute Gasteiger partial charge is 0.870 e. The van der Waals surface area contributed by atoms with Crippen LogP contribution in [0.4, 0.5) is 0 Å². The van der Waals surface area contributed by atoms with Gasteiger partial charge in [0.05, 0.1) is 26.2 Å². The van der Waals surface area contributed by atoms with Gasteiger partial charge in [0.2, 0.25) is 0 Å². The summed E-state index contributed by atoms with van der Waals surface area (Å²) in [6.07, 6.45) is 11.1. The molecule has 0 aliphatic heterocycles. The summed E-state index contributed by atoms with van der Waals surface area (Å²) in [4.78, 5) is 0. The van der Waals surface area contributed by atoms with E-state index in [-0.39, 0.29) is 42.3 Å². The van der Waals surface area contributed by atoms with Crippen LogP contribution < -0.4 is 0 Å². The van der Waals surface area contributed by atoms with Crippen LogP contribution in [0, 0.1) is 0 Å². The molecule has 0 aliphatic carbocycles. The van der Waals surface area contributed by atoms with Crippen molar-refractivity contribution in [2.75, 3.05) is 26.2 Å². The standard InChI is InChI=1S/C16H36N.4H2O.Re/c1-5-9-13-17(14-10-6-2,15-11-7-3)16-12-8-4;;;;;/h5-16H2,1-4H3;4*1H2;/q+1;;;;;/p-4. The second-order valence-corrected chi connectivity index (χ2v) is 5.65. The first-order chi connectivity index (χ1) is 8.24. The maximum absolute atomic E-state index is 2.33. The summed E-state index contributed by atoms with van der Waals surface area (Å²) in [6, 6.07) is 0. The topological polar surface area (TPSA) is 120 Å². The van der Waals surface area contributed by atoms with Crippen LogP contribution in [0.15, 0.2) is 0 Å². The summed E-state index contributed by atoms with van der Waals surface area (Å²) >= 11 is 0. The van der Waals surface area contributed by atoms with Gasteiger partial charge in [-0.25, -0.2) is 0 Å². The first kappa shape index (κ1) is 38.2. The van der Waals surface area contributed by atoms with Crippen molar-refractivity contribution in [3.63, 3.8) is 0 Å². The third-order valence-electron chi connectivity index (χ3n) is 3.94. The van der Waals surface area contributed by atoms with E-state index in [0.29, 0.717) is 0 Å². The van der Waals surface area contributed by atoms with Crippen molar-refractivity contribution in [3.05, 3.63) is 0 Å². The van der Waals surface area contributed by atoms with Crippen LogP contribution in [-0.2, 0) is 20.4 Å². The molecule has 4 N–H and O–H groups in total. The zero-order chi connectivity index (χ0) is 13.0. The molecule has 6 heteroatoms. The number of hydrogen-bond donors (Lipinski definition) is 0. The molecule has 0 amide bonds. The molecule has 0 aliphatic rings. The van der Waals surface area contributed by atoms with Gasteiger partial charge in [-0.05, 0) is 25.7 Å². The SMILES string of the molecule is CCCC[N+](CCCC)(CCCC)CCCC.[OH-].[OH-].[OH-].[OH-].[Re]. The van der Waals surface area contributed by atoms with Gasteiger partial charge >= 0.3 is 0 Å². The summed E-state index contributed by atoms with van der Waals surface area (Å²) < 4.78 is 1.42. The van der Waals surface area contributed by atoms with Gasteiger partial charge in [0, 0.05) is 20.4 Å². The van der Waals surface area contributed by atoms with Crippen LogP contribution in [0.1, 0.15) is 79.1 Å². The Kier molecular flexibility index (Phi) is 45.8. The van der Waals surface area contributed by atoms with Crippen molar-refractivity contribution >= 4 is 0 Å². The van der Waals surface area contributed by atoms with Crippen LogP contribution in [0.25, 0.3) is 0 Å². The number of rotatable bonds is 12. The number of hydrogen-bond acceptors (Lipinski definition) is 4. The van der Waals surface area contributed by atoms with E-state index in [1.54, 1.807) is 0 Å². The molecule has 0 saturated carbocycles. The molecule has 0 aromatic heterocycles. The molecule has 0 rings (SSSR count). The van der Waals surface area contributed by atoms with E-state index in [1.807, 2.05) is 0 Å². The van der Waals surface area contributed by atoms with Gasteiger partial charge in [-0.3, -0.25) is 0 Å². The van der Waals surface area contributed by atoms with E-state index < -0.39 is 0 Å². The molecule has 0 heterocycles. The molecule has 0 atom stereocenters. The average Bonchev–Trinajstić information content (AvgIpc) is 2.37. The summed E-state index contributed by atoms with van der Waals surface area (Å²) in [7, 11) is 0. The maximum Gasteiger partial charge on any atom is 0.0786 e. The monoisotopic (exact) mass is 497 g/mol. The van der Waals surface area contributed by atoms with Crippen molar-refractivity contribution < 1.29 is 46.8 Å². The molecule has 0 aromatic carbocycles. The fraction of sp³-hybridized carbons (Fsp3) is 1.00. The smallest absolute Gasteiger partial charge is 0.0786 e. The minimum Gasteiger partial charge on any atom is -0.870 e. The molecule has 0 aromatic rings. The first-order valence-electron chi connectivity index (χ1n) is 8.09. The molecule has 143 valence electrons. The van der Waals surface area contributed by atoms with E-state index in [0.717, 1.165) is 0 Å².